The van der Waals surface area contributed by atoms with E-state index in [2.05, 4.69) is 75.4 Å². The van der Waals surface area contributed by atoms with Crippen LogP contribution in [-0.4, -0.2) is 306 Å². The number of hydrogen-bond donors (Lipinski definition) is 19. The first-order valence-corrected chi connectivity index (χ1v) is 46.6. The first kappa shape index (κ1) is 106. The Morgan fingerprint density at radius 3 is 1.35 bits per heavy atom. The molecule has 0 bridgehead atoms. The number of ether oxygens (including phenoxy) is 9. The van der Waals surface area contributed by atoms with Gasteiger partial charge in [-0.2, -0.15) is 0 Å². The van der Waals surface area contributed by atoms with Crippen LogP contribution in [-0.2, 0) is 92.2 Å². The highest BCUT2D eigenvalue weighted by Gasteiger charge is 2.47. The van der Waals surface area contributed by atoms with Gasteiger partial charge in [0.2, 0.25) is 42.1 Å². The van der Waals surface area contributed by atoms with Crippen LogP contribution in [0.2, 0.25) is 0 Å². The Morgan fingerprint density at radius 2 is 0.880 bits per heavy atom. The lowest BCUT2D eigenvalue weighted by molar-refractivity contribution is -0.272. The number of urea groups is 2. The molecule has 19 N–H and O–H groups in total. The highest BCUT2D eigenvalue weighted by atomic mass is 31.2. The number of aliphatic hydroxyl groups excluding tert-OH is 6. The number of aliphatic hydroxyl groups is 6. The normalized spacial score (nSPS) is 19.3. The molecule has 2 aliphatic heterocycles. The number of anilines is 2. The Hall–Kier alpha value is -8.01. The van der Waals surface area contributed by atoms with E-state index in [0.29, 0.717) is 187 Å². The van der Waals surface area contributed by atoms with E-state index in [1.807, 2.05) is 26.2 Å². The Labute approximate surface area is 728 Å². The van der Waals surface area contributed by atoms with Gasteiger partial charge in [-0.05, 0) is 178 Å². The number of aryl methyl sites for hydroxylation is 4. The molecule has 0 radical (unpaired) electrons. The molecule has 6 rings (SSSR count). The van der Waals surface area contributed by atoms with Crippen LogP contribution in [0.25, 0.3) is 0 Å². The molecule has 706 valence electrons. The minimum atomic E-state index is -4.42. The molecule has 2 fully saturated rings. The van der Waals surface area contributed by atoms with Gasteiger partial charge in [-0.25, -0.2) is 9.59 Å². The van der Waals surface area contributed by atoms with Crippen molar-refractivity contribution in [3.8, 4) is 11.5 Å². The number of rotatable bonds is 65. The van der Waals surface area contributed by atoms with E-state index < -0.39 is 113 Å². The molecule has 0 saturated carbocycles. The molecular formula is C80H133N15O28P2. The van der Waals surface area contributed by atoms with E-state index in [-0.39, 0.29) is 112 Å². The van der Waals surface area contributed by atoms with Crippen LogP contribution in [0.5, 0.6) is 11.5 Å². The molecule has 11 atom stereocenters. The van der Waals surface area contributed by atoms with Crippen molar-refractivity contribution in [3.63, 3.8) is 0 Å². The quantitative estimate of drug-likeness (QED) is 0.0222. The zero-order chi connectivity index (χ0) is 90.8. The van der Waals surface area contributed by atoms with Gasteiger partial charge in [-0.1, -0.05) is 23.8 Å². The number of hydrogen-bond acceptors (Lipinski definition) is 28. The second-order valence-electron chi connectivity index (χ2n) is 31.2. The molecule has 2 saturated heterocycles. The molecule has 0 aliphatic carbocycles. The van der Waals surface area contributed by atoms with Gasteiger partial charge in [0.15, 0.2) is 0 Å². The minimum Gasteiger partial charge on any atom is -0.462 e. The third-order valence-corrected chi connectivity index (χ3v) is 21.7. The van der Waals surface area contributed by atoms with Crippen LogP contribution >= 0.6 is 15.2 Å². The number of carbonyl (C=O) groups is 7. The van der Waals surface area contributed by atoms with E-state index in [1.54, 1.807) is 9.36 Å². The van der Waals surface area contributed by atoms with Crippen molar-refractivity contribution in [1.29, 1.82) is 0 Å². The van der Waals surface area contributed by atoms with Gasteiger partial charge in [-0.3, -0.25) is 42.5 Å². The minimum absolute atomic E-state index is 0.0494. The van der Waals surface area contributed by atoms with Crippen LogP contribution in [0.15, 0.2) is 60.9 Å². The lowest BCUT2D eigenvalue weighted by Gasteiger charge is -2.40. The number of nitrogens with one attached hydrogen (secondary N) is 9. The SMILES string of the molecule is CCCCOC(C)(C)CCNC(=O)CCOCCOCCOCCOCCNC(=O)[C@H](CCCCNC(=O)CCCCn1cc(CCCCNC(=O)Nc2ccc(O[C@H]3O[C@H](CCP(=O)(O)O)[C@@H](O)[C@H](O)[C@@H]3O)cc2)nn1)NC(=O)CCCNC(=O)CCCCn1cc(CCCCNC(=O)Nc2ccc(O[C@H]3O[C@H](CCP(=O)(O)O)[C@@H](O)[C@H](O)[C@@H]3O)cc2)nn1. The fraction of sp³-hybridized carbons (Fsp3) is 0.713. The summed E-state index contributed by atoms with van der Waals surface area (Å²) < 4.78 is 76.7. The summed E-state index contributed by atoms with van der Waals surface area (Å²) in [5.41, 5.74) is 2.08. The predicted octanol–water partition coefficient (Wildman–Crippen LogP) is 2.05. The lowest BCUT2D eigenvalue weighted by Crippen LogP contribution is -2.59. The molecule has 125 heavy (non-hydrogen) atoms. The summed E-state index contributed by atoms with van der Waals surface area (Å²) in [7, 11) is -8.85. The predicted molar refractivity (Wildman–Crippen MR) is 453 cm³/mol. The fourth-order valence-corrected chi connectivity index (χ4v) is 14.0. The van der Waals surface area contributed by atoms with Crippen molar-refractivity contribution in [2.24, 2.45) is 0 Å². The van der Waals surface area contributed by atoms with Crippen molar-refractivity contribution in [2.45, 2.75) is 255 Å². The fourth-order valence-electron chi connectivity index (χ4n) is 12.8. The van der Waals surface area contributed by atoms with E-state index in [9.17, 15) is 92.9 Å². The number of amides is 9. The number of aromatic nitrogens is 6. The summed E-state index contributed by atoms with van der Waals surface area (Å²) in [5.74, 6) is -0.771. The number of nitrogens with zero attached hydrogens (tertiary/aromatic N) is 6. The molecule has 9 amide bonds. The molecule has 4 heterocycles. The van der Waals surface area contributed by atoms with Gasteiger partial charge in [0.25, 0.3) is 0 Å². The third-order valence-electron chi connectivity index (χ3n) is 20.0. The average molecular weight is 1810 g/mol. The standard InChI is InChI=1S/C80H133N15O28P2/c1-4-5-43-119-80(2,3)34-39-83-67(98)31-44-115-46-48-117-50-51-118-49-47-116-45-40-84-75(106)62(19-8-13-35-81-65(96)20-9-14-41-94-54-58(90-92-94)17-6-11-36-85-78(107)87-56-23-27-60(28-24-56)120-76-73(104)71(102)69(100)63(122-76)32-52-124(109,110)111)89-68(99)22-16-38-82-66(97)21-10-15-42-95-55-59(91-93-95)18-7-12-37-86-79(108)88-57-25-29-61(30-26-57)121-77-74(105)72(103)70(101)64(123-77)33-53-125(112,113)114/h23-30,54-55,62-64,69-74,76-77,100-105H,4-22,31-53H2,1-3H3,(H,81,96)(H,82,97)(H,83,98)(H,84,106)(H,89,99)(H2,85,87,107)(H2,86,88,108)(H2,109,110,111)(H2,112,113,114)/t62-,63+,64+,69+,70+,71-,72-,73-,74-,76-,77-/m0/s1. The third kappa shape index (κ3) is 45.5. The second kappa shape index (κ2) is 58.4. The summed E-state index contributed by atoms with van der Waals surface area (Å²) in [6, 6.07) is 10.3. The Bertz CT molecular complexity index is 3870. The molecule has 43 nitrogen and oxygen atoms in total. The Kier molecular flexibility index (Phi) is 49.5. The van der Waals surface area contributed by atoms with Gasteiger partial charge in [0.1, 0.15) is 54.2 Å². The highest BCUT2D eigenvalue weighted by Crippen LogP contribution is 2.39. The first-order valence-electron chi connectivity index (χ1n) is 43.0. The van der Waals surface area contributed by atoms with Gasteiger partial charge in [0, 0.05) is 108 Å². The second-order valence-corrected chi connectivity index (χ2v) is 34.7. The van der Waals surface area contributed by atoms with Crippen LogP contribution in [0.4, 0.5) is 21.0 Å². The van der Waals surface area contributed by atoms with Crippen molar-refractivity contribution in [3.05, 3.63) is 72.3 Å². The zero-order valence-corrected chi connectivity index (χ0v) is 73.5. The topological polar surface area (TPSA) is 609 Å². The summed E-state index contributed by atoms with van der Waals surface area (Å²) in [6.45, 7) is 12.3. The molecule has 2 aromatic carbocycles. The summed E-state index contributed by atoms with van der Waals surface area (Å²) >= 11 is 0. The van der Waals surface area contributed by atoms with Crippen molar-refractivity contribution < 1.29 is 136 Å². The summed E-state index contributed by atoms with van der Waals surface area (Å²) in [6.07, 6.45) is -1.61. The molecule has 2 aromatic heterocycles. The van der Waals surface area contributed by atoms with Crippen molar-refractivity contribution in [1.82, 2.24) is 67.2 Å². The van der Waals surface area contributed by atoms with E-state index in [0.717, 1.165) is 24.2 Å². The van der Waals surface area contributed by atoms with Gasteiger partial charge < -0.3 is 141 Å². The molecule has 45 heteroatoms. The van der Waals surface area contributed by atoms with Gasteiger partial charge >= 0.3 is 27.3 Å². The summed E-state index contributed by atoms with van der Waals surface area (Å²) in [4.78, 5) is 127. The largest absolute Gasteiger partial charge is 0.462 e. The molecule has 0 unspecified atom stereocenters. The van der Waals surface area contributed by atoms with Crippen LogP contribution in [0.3, 0.4) is 0 Å². The maximum atomic E-state index is 13.5. The number of benzene rings is 2. The highest BCUT2D eigenvalue weighted by molar-refractivity contribution is 7.52. The average Bonchev–Trinajstić information content (AvgIpc) is 1.26. The van der Waals surface area contributed by atoms with Crippen LogP contribution < -0.4 is 57.3 Å². The van der Waals surface area contributed by atoms with E-state index in [4.69, 9.17) is 42.6 Å². The Balaban J connectivity index is 0.804. The van der Waals surface area contributed by atoms with Crippen LogP contribution in [0.1, 0.15) is 167 Å². The Morgan fingerprint density at radius 1 is 0.456 bits per heavy atom. The zero-order valence-electron chi connectivity index (χ0n) is 71.7. The smallest absolute Gasteiger partial charge is 0.325 e. The van der Waals surface area contributed by atoms with Gasteiger partial charge in [0.05, 0.1) is 94.4 Å². The molecule has 4 aromatic rings. The maximum absolute atomic E-state index is 13.5. The lowest BCUT2D eigenvalue weighted by atomic mass is 9.97. The van der Waals surface area contributed by atoms with Crippen molar-refractivity contribution in [2.75, 3.05) is 122 Å². The molecular weight excluding hydrogens is 1680 g/mol. The molecule has 2 aliphatic rings. The van der Waals surface area contributed by atoms with Crippen molar-refractivity contribution >= 4 is 68.2 Å². The maximum Gasteiger partial charge on any atom is 0.325 e. The monoisotopic (exact) mass is 1810 g/mol. The molecule has 0 spiro atoms. The van der Waals surface area contributed by atoms with E-state index in [1.165, 1.54) is 48.5 Å². The number of carbonyl (C=O) groups excluding carboxylic acids is 7. The van der Waals surface area contributed by atoms with E-state index >= 15 is 0 Å². The first-order chi connectivity index (χ1) is 59.8. The van der Waals surface area contributed by atoms with Gasteiger partial charge in [-0.15, -0.1) is 10.2 Å². The number of unbranched alkanes of at least 4 members (excludes halogenated alkanes) is 6. The van der Waals surface area contributed by atoms with Crippen LogP contribution in [0, 0.1) is 0 Å². The summed E-state index contributed by atoms with van der Waals surface area (Å²) in [5, 5.41) is 104.